The molecule has 3 aliphatic rings. The van der Waals surface area contributed by atoms with Gasteiger partial charge in [-0.05, 0) is 26.3 Å². The summed E-state index contributed by atoms with van der Waals surface area (Å²) in [5.74, 6) is -1.44. The van der Waals surface area contributed by atoms with Gasteiger partial charge in [0.05, 0.1) is 5.92 Å². The summed E-state index contributed by atoms with van der Waals surface area (Å²) >= 11 is 0. The first-order valence-electron chi connectivity index (χ1n) is 8.78. The summed E-state index contributed by atoms with van der Waals surface area (Å²) in [5, 5.41) is 0. The number of rotatable bonds is 4. The number of hydrogen-bond donors (Lipinski definition) is 0. The molecule has 1 saturated heterocycles. The normalized spacial score (nSPS) is 34.0. The number of allylic oxidation sites excluding steroid dienone is 2. The molecule has 134 valence electrons. The van der Waals surface area contributed by atoms with Crippen molar-refractivity contribution in [2.75, 3.05) is 0 Å². The number of esters is 2. The van der Waals surface area contributed by atoms with E-state index in [4.69, 9.17) is 9.47 Å². The Morgan fingerprint density at radius 1 is 1.40 bits per heavy atom. The molecule has 0 bridgehead atoms. The first-order chi connectivity index (χ1) is 11.8. The van der Waals surface area contributed by atoms with E-state index < -0.39 is 12.2 Å². The molecule has 5 nitrogen and oxygen atoms in total. The maximum atomic E-state index is 12.4. The van der Waals surface area contributed by atoms with Crippen molar-refractivity contribution in [3.8, 4) is 0 Å². The van der Waals surface area contributed by atoms with Gasteiger partial charge in [0.1, 0.15) is 12.2 Å². The number of carbonyl (C=O) groups excluding carboxylic acids is 3. The van der Waals surface area contributed by atoms with Crippen molar-refractivity contribution in [3.05, 3.63) is 35.5 Å². The molecule has 0 aromatic carbocycles. The third kappa shape index (κ3) is 2.96. The zero-order chi connectivity index (χ0) is 18.3. The van der Waals surface area contributed by atoms with Crippen LogP contribution in [0.5, 0.6) is 0 Å². The fourth-order valence-electron chi connectivity index (χ4n) is 4.36. The highest BCUT2D eigenvalue weighted by atomic mass is 16.6. The number of ether oxygens (including phenoxy) is 2. The van der Waals surface area contributed by atoms with Crippen LogP contribution in [-0.4, -0.2) is 29.9 Å². The van der Waals surface area contributed by atoms with E-state index >= 15 is 0 Å². The highest BCUT2D eigenvalue weighted by Crippen LogP contribution is 2.48. The first kappa shape index (κ1) is 17.6. The summed E-state index contributed by atoms with van der Waals surface area (Å²) in [5.41, 5.74) is 2.54. The van der Waals surface area contributed by atoms with Gasteiger partial charge in [0, 0.05) is 30.3 Å². The van der Waals surface area contributed by atoms with E-state index in [2.05, 4.69) is 6.58 Å². The topological polar surface area (TPSA) is 69.7 Å². The van der Waals surface area contributed by atoms with Gasteiger partial charge in [-0.1, -0.05) is 24.1 Å². The van der Waals surface area contributed by atoms with E-state index in [9.17, 15) is 14.4 Å². The number of carbonyl (C=O) groups is 3. The number of fused-ring (bicyclic) bond motifs is 3. The monoisotopic (exact) mass is 344 g/mol. The Hall–Kier alpha value is -2.17. The fraction of sp³-hybridized carbons (Fsp3) is 0.550. The van der Waals surface area contributed by atoms with Crippen molar-refractivity contribution in [1.29, 1.82) is 0 Å². The standard InChI is InChI=1S/C20H24O5/c1-5-6-7-15(22)24-14-9-11(3)16-13(21)8-10(2)17(16)19-18(14)12(4)20(23)25-19/h5,8,12,14,17-19H,1,6-7,9H2,2-4H3/t12-,14-,17-,18+,19+/m0/s1. The Morgan fingerprint density at radius 3 is 2.80 bits per heavy atom. The van der Waals surface area contributed by atoms with Gasteiger partial charge in [-0.25, -0.2) is 0 Å². The molecule has 0 unspecified atom stereocenters. The SMILES string of the molecule is C=CCCC(=O)O[C@H]1CC(C)=C2C(=O)C=C(C)[C@@H]2[C@H]2OC(=O)[C@@H](C)[C@@H]21. The summed E-state index contributed by atoms with van der Waals surface area (Å²) in [4.78, 5) is 36.8. The van der Waals surface area contributed by atoms with Crippen LogP contribution in [0.3, 0.4) is 0 Å². The minimum absolute atomic E-state index is 0.0204. The molecule has 5 heteroatoms. The van der Waals surface area contributed by atoms with Gasteiger partial charge in [0.15, 0.2) is 5.78 Å². The van der Waals surface area contributed by atoms with Crippen LogP contribution in [0.15, 0.2) is 35.5 Å². The predicted molar refractivity (Wildman–Crippen MR) is 91.4 cm³/mol. The second-order valence-corrected chi connectivity index (χ2v) is 7.25. The maximum Gasteiger partial charge on any atom is 0.309 e. The quantitative estimate of drug-likeness (QED) is 0.579. The Morgan fingerprint density at radius 2 is 2.12 bits per heavy atom. The van der Waals surface area contributed by atoms with Crippen LogP contribution >= 0.6 is 0 Å². The largest absolute Gasteiger partial charge is 0.462 e. The van der Waals surface area contributed by atoms with Crippen LogP contribution in [0.4, 0.5) is 0 Å². The molecule has 1 heterocycles. The third-order valence-corrected chi connectivity index (χ3v) is 5.57. The molecule has 0 saturated carbocycles. The Balaban J connectivity index is 1.95. The van der Waals surface area contributed by atoms with Gasteiger partial charge in [-0.15, -0.1) is 6.58 Å². The van der Waals surface area contributed by atoms with Crippen molar-refractivity contribution in [2.24, 2.45) is 17.8 Å². The van der Waals surface area contributed by atoms with Crippen LogP contribution < -0.4 is 0 Å². The summed E-state index contributed by atoms with van der Waals surface area (Å²) in [6.45, 7) is 9.23. The van der Waals surface area contributed by atoms with Crippen molar-refractivity contribution in [3.63, 3.8) is 0 Å². The smallest absolute Gasteiger partial charge is 0.309 e. The number of hydrogen-bond acceptors (Lipinski definition) is 5. The molecular weight excluding hydrogens is 320 g/mol. The zero-order valence-electron chi connectivity index (χ0n) is 14.9. The van der Waals surface area contributed by atoms with E-state index in [0.717, 1.165) is 11.1 Å². The lowest BCUT2D eigenvalue weighted by atomic mass is 9.79. The van der Waals surface area contributed by atoms with Crippen molar-refractivity contribution in [2.45, 2.75) is 52.2 Å². The summed E-state index contributed by atoms with van der Waals surface area (Å²) < 4.78 is 11.4. The molecular formula is C20H24O5. The lowest BCUT2D eigenvalue weighted by Gasteiger charge is -2.29. The Labute approximate surface area is 147 Å². The van der Waals surface area contributed by atoms with Gasteiger partial charge < -0.3 is 9.47 Å². The molecule has 2 aliphatic carbocycles. The van der Waals surface area contributed by atoms with Gasteiger partial charge in [0.2, 0.25) is 0 Å². The van der Waals surface area contributed by atoms with Crippen LogP contribution in [0.1, 0.15) is 40.0 Å². The second-order valence-electron chi connectivity index (χ2n) is 7.25. The van der Waals surface area contributed by atoms with E-state index in [1.807, 2.05) is 20.8 Å². The van der Waals surface area contributed by atoms with Crippen LogP contribution in [0, 0.1) is 17.8 Å². The predicted octanol–water partition coefficient (Wildman–Crippen LogP) is 2.91. The van der Waals surface area contributed by atoms with Crippen LogP contribution in [-0.2, 0) is 23.9 Å². The average Bonchev–Trinajstić information content (AvgIpc) is 2.95. The summed E-state index contributed by atoms with van der Waals surface area (Å²) in [7, 11) is 0. The molecule has 0 amide bonds. The lowest BCUT2D eigenvalue weighted by molar-refractivity contribution is -0.153. The van der Waals surface area contributed by atoms with Gasteiger partial charge in [0.25, 0.3) is 0 Å². The minimum atomic E-state index is -0.456. The molecule has 0 aromatic rings. The fourth-order valence-corrected chi connectivity index (χ4v) is 4.36. The number of ketones is 1. The molecule has 25 heavy (non-hydrogen) atoms. The molecule has 3 rings (SSSR count). The molecule has 0 aromatic heterocycles. The highest BCUT2D eigenvalue weighted by molar-refractivity contribution is 6.09. The first-order valence-corrected chi connectivity index (χ1v) is 8.78. The molecule has 1 aliphatic heterocycles. The van der Waals surface area contributed by atoms with Crippen LogP contribution in [0.2, 0.25) is 0 Å². The molecule has 1 fully saturated rings. The second kappa shape index (κ2) is 6.62. The van der Waals surface area contributed by atoms with E-state index in [0.29, 0.717) is 18.4 Å². The van der Waals surface area contributed by atoms with E-state index in [1.165, 1.54) is 0 Å². The van der Waals surface area contributed by atoms with Crippen molar-refractivity contribution >= 4 is 17.7 Å². The summed E-state index contributed by atoms with van der Waals surface area (Å²) in [6, 6.07) is 0. The van der Waals surface area contributed by atoms with E-state index in [1.54, 1.807) is 12.2 Å². The van der Waals surface area contributed by atoms with Gasteiger partial charge in [-0.3, -0.25) is 14.4 Å². The van der Waals surface area contributed by atoms with Crippen molar-refractivity contribution in [1.82, 2.24) is 0 Å². The minimum Gasteiger partial charge on any atom is -0.462 e. The van der Waals surface area contributed by atoms with E-state index in [-0.39, 0.29) is 41.9 Å². The van der Waals surface area contributed by atoms with Crippen molar-refractivity contribution < 1.29 is 23.9 Å². The van der Waals surface area contributed by atoms with Crippen LogP contribution in [0.25, 0.3) is 0 Å². The van der Waals surface area contributed by atoms with Gasteiger partial charge >= 0.3 is 11.9 Å². The lowest BCUT2D eigenvalue weighted by Crippen LogP contribution is -2.37. The highest BCUT2D eigenvalue weighted by Gasteiger charge is 2.55. The zero-order valence-corrected chi connectivity index (χ0v) is 14.9. The Kier molecular flexibility index (Phi) is 4.67. The molecule has 0 spiro atoms. The molecule has 5 atom stereocenters. The Bertz CT molecular complexity index is 699. The van der Waals surface area contributed by atoms with Gasteiger partial charge in [-0.2, -0.15) is 0 Å². The maximum absolute atomic E-state index is 12.4. The molecule has 0 radical (unpaired) electrons. The molecule has 0 N–H and O–H groups in total. The third-order valence-electron chi connectivity index (χ3n) is 5.57. The summed E-state index contributed by atoms with van der Waals surface area (Å²) in [6.07, 6.45) is 3.67. The average molecular weight is 344 g/mol.